The van der Waals surface area contributed by atoms with E-state index in [9.17, 15) is 9.59 Å². The third-order valence-corrected chi connectivity index (χ3v) is 4.80. The summed E-state index contributed by atoms with van der Waals surface area (Å²) in [6.07, 6.45) is 2.29. The number of hydrogen-bond acceptors (Lipinski definition) is 4. The Hall–Kier alpha value is -2.39. The van der Waals surface area contributed by atoms with Gasteiger partial charge in [-0.1, -0.05) is 19.1 Å². The van der Waals surface area contributed by atoms with Gasteiger partial charge in [0.15, 0.2) is 0 Å². The van der Waals surface area contributed by atoms with Crippen LogP contribution in [0.1, 0.15) is 30.9 Å². The molecule has 0 N–H and O–H groups in total. The maximum atomic E-state index is 12.5. The van der Waals surface area contributed by atoms with Crippen LogP contribution in [0.4, 0.5) is 4.79 Å². The number of benzene rings is 1. The van der Waals surface area contributed by atoms with Crippen molar-refractivity contribution in [2.75, 3.05) is 26.3 Å². The maximum Gasteiger partial charge on any atom is 0.328 e. The Labute approximate surface area is 142 Å². The molecule has 0 atom stereocenters. The fraction of sp³-hybridized carbons (Fsp3) is 0.500. The molecule has 0 radical (unpaired) electrons. The topological polar surface area (TPSA) is 67.7 Å². The summed E-state index contributed by atoms with van der Waals surface area (Å²) < 4.78 is 0. The number of rotatable bonds is 4. The summed E-state index contributed by atoms with van der Waals surface area (Å²) in [6.45, 7) is 5.16. The zero-order valence-electron chi connectivity index (χ0n) is 13.9. The second-order valence-electron chi connectivity index (χ2n) is 6.71. The second kappa shape index (κ2) is 7.02. The molecule has 2 fully saturated rings. The summed E-state index contributed by atoms with van der Waals surface area (Å²) in [5.74, 6) is 0.583. The average Bonchev–Trinajstić information content (AvgIpc) is 2.85. The van der Waals surface area contributed by atoms with Crippen molar-refractivity contribution in [3.8, 4) is 6.07 Å². The van der Waals surface area contributed by atoms with E-state index in [0.29, 0.717) is 12.2 Å². The van der Waals surface area contributed by atoms with E-state index in [4.69, 9.17) is 5.26 Å². The number of imide groups is 1. The van der Waals surface area contributed by atoms with E-state index >= 15 is 0 Å². The van der Waals surface area contributed by atoms with Crippen molar-refractivity contribution in [2.45, 2.75) is 26.3 Å². The van der Waals surface area contributed by atoms with Crippen molar-refractivity contribution in [1.82, 2.24) is 14.7 Å². The number of carbonyl (C=O) groups is 2. The second-order valence-corrected chi connectivity index (χ2v) is 6.71. The Balaban J connectivity index is 1.60. The fourth-order valence-electron chi connectivity index (χ4n) is 3.17. The van der Waals surface area contributed by atoms with Gasteiger partial charge in [-0.25, -0.2) is 4.79 Å². The first-order valence-corrected chi connectivity index (χ1v) is 8.37. The number of amides is 3. The summed E-state index contributed by atoms with van der Waals surface area (Å²) in [4.78, 5) is 29.9. The van der Waals surface area contributed by atoms with Gasteiger partial charge in [0.1, 0.15) is 6.54 Å². The van der Waals surface area contributed by atoms with Crippen molar-refractivity contribution in [3.05, 3.63) is 35.4 Å². The summed E-state index contributed by atoms with van der Waals surface area (Å²) in [7, 11) is 0. The molecule has 2 aliphatic heterocycles. The Morgan fingerprint density at radius 2 is 1.83 bits per heavy atom. The highest BCUT2D eigenvalue weighted by molar-refractivity contribution is 6.01. The summed E-state index contributed by atoms with van der Waals surface area (Å²) >= 11 is 0. The van der Waals surface area contributed by atoms with Crippen molar-refractivity contribution in [2.24, 2.45) is 5.92 Å². The third kappa shape index (κ3) is 3.57. The fourth-order valence-corrected chi connectivity index (χ4v) is 3.17. The monoisotopic (exact) mass is 326 g/mol. The van der Waals surface area contributed by atoms with E-state index in [1.54, 1.807) is 29.2 Å². The molecule has 3 rings (SSSR count). The highest BCUT2D eigenvalue weighted by Gasteiger charge is 2.36. The van der Waals surface area contributed by atoms with Crippen molar-refractivity contribution in [3.63, 3.8) is 0 Å². The number of piperidine rings is 1. The predicted octanol–water partition coefficient (Wildman–Crippen LogP) is 2.01. The molecule has 2 heterocycles. The molecule has 1 aromatic rings. The minimum Gasteiger partial charge on any atom is -0.302 e. The van der Waals surface area contributed by atoms with Crippen LogP contribution in [-0.2, 0) is 11.3 Å². The minimum absolute atomic E-state index is 0.154. The molecule has 2 aliphatic rings. The lowest BCUT2D eigenvalue weighted by Gasteiger charge is -2.32. The summed E-state index contributed by atoms with van der Waals surface area (Å²) in [5.41, 5.74) is 1.42. The smallest absolute Gasteiger partial charge is 0.302 e. The van der Waals surface area contributed by atoms with Crippen molar-refractivity contribution >= 4 is 11.9 Å². The van der Waals surface area contributed by atoms with Gasteiger partial charge >= 0.3 is 6.03 Å². The van der Waals surface area contributed by atoms with E-state index in [1.807, 2.05) is 0 Å². The molecule has 6 nitrogen and oxygen atoms in total. The van der Waals surface area contributed by atoms with E-state index in [2.05, 4.69) is 17.9 Å². The predicted molar refractivity (Wildman–Crippen MR) is 88.6 cm³/mol. The molecule has 0 aromatic heterocycles. The van der Waals surface area contributed by atoms with Crippen LogP contribution < -0.4 is 0 Å². The average molecular weight is 326 g/mol. The third-order valence-electron chi connectivity index (χ3n) is 4.80. The van der Waals surface area contributed by atoms with Gasteiger partial charge in [0.25, 0.3) is 5.91 Å². The number of nitrogens with zero attached hydrogens (tertiary/aromatic N) is 4. The molecule has 24 heavy (non-hydrogen) atoms. The first-order chi connectivity index (χ1) is 11.6. The van der Waals surface area contributed by atoms with Gasteiger partial charge in [-0.2, -0.15) is 5.26 Å². The van der Waals surface area contributed by atoms with E-state index in [0.717, 1.165) is 37.4 Å². The zero-order chi connectivity index (χ0) is 17.1. The Bertz CT molecular complexity index is 657. The summed E-state index contributed by atoms with van der Waals surface area (Å²) in [5, 5.41) is 8.82. The van der Waals surface area contributed by atoms with Crippen molar-refractivity contribution in [1.29, 1.82) is 5.26 Å². The molecular formula is C18H22N4O2. The number of likely N-dealkylation sites (tertiary alicyclic amines) is 1. The standard InChI is InChI=1S/C18H22N4O2/c1-14-6-8-20(9-7-14)13-21-12-17(23)22(18(21)24)11-16-4-2-15(10-19)3-5-16/h2-5,14H,6-9,11-13H2,1H3. The maximum absolute atomic E-state index is 12.5. The van der Waals surface area contributed by atoms with Gasteiger partial charge in [0.05, 0.1) is 24.8 Å². The number of carbonyl (C=O) groups excluding carboxylic acids is 2. The molecule has 6 heteroatoms. The lowest BCUT2D eigenvalue weighted by atomic mass is 10.00. The molecule has 126 valence electrons. The van der Waals surface area contributed by atoms with Crippen LogP contribution in [0.25, 0.3) is 0 Å². The molecular weight excluding hydrogens is 304 g/mol. The summed E-state index contributed by atoms with van der Waals surface area (Å²) in [6, 6.07) is 8.81. The van der Waals surface area contributed by atoms with E-state index in [-0.39, 0.29) is 25.0 Å². The van der Waals surface area contributed by atoms with Crippen LogP contribution in [0.5, 0.6) is 0 Å². The van der Waals surface area contributed by atoms with Gasteiger partial charge in [-0.15, -0.1) is 0 Å². The van der Waals surface area contributed by atoms with Crippen LogP contribution in [0.2, 0.25) is 0 Å². The largest absolute Gasteiger partial charge is 0.328 e. The lowest BCUT2D eigenvalue weighted by Crippen LogP contribution is -2.43. The van der Waals surface area contributed by atoms with Gasteiger partial charge in [-0.05, 0) is 36.5 Å². The molecule has 0 spiro atoms. The number of hydrogen-bond donors (Lipinski definition) is 0. The quantitative estimate of drug-likeness (QED) is 0.794. The molecule has 0 aliphatic carbocycles. The van der Waals surface area contributed by atoms with E-state index in [1.165, 1.54) is 4.90 Å². The molecule has 2 saturated heterocycles. The van der Waals surface area contributed by atoms with Gasteiger partial charge in [-0.3, -0.25) is 14.6 Å². The van der Waals surface area contributed by atoms with Crippen LogP contribution in [0, 0.1) is 17.2 Å². The SMILES string of the molecule is CC1CCN(CN2CC(=O)N(Cc3ccc(C#N)cc3)C2=O)CC1. The first kappa shape index (κ1) is 16.5. The molecule has 0 bridgehead atoms. The van der Waals surface area contributed by atoms with Crippen LogP contribution in [-0.4, -0.2) is 52.9 Å². The molecule has 1 aromatic carbocycles. The van der Waals surface area contributed by atoms with Crippen LogP contribution in [0.3, 0.4) is 0 Å². The molecule has 0 saturated carbocycles. The van der Waals surface area contributed by atoms with Crippen LogP contribution in [0.15, 0.2) is 24.3 Å². The number of urea groups is 1. The van der Waals surface area contributed by atoms with Crippen LogP contribution >= 0.6 is 0 Å². The Morgan fingerprint density at radius 1 is 1.17 bits per heavy atom. The lowest BCUT2D eigenvalue weighted by molar-refractivity contribution is -0.125. The highest BCUT2D eigenvalue weighted by atomic mass is 16.2. The minimum atomic E-state index is -0.219. The number of nitriles is 1. The Morgan fingerprint density at radius 3 is 2.46 bits per heavy atom. The molecule has 3 amide bonds. The highest BCUT2D eigenvalue weighted by Crippen LogP contribution is 2.19. The van der Waals surface area contributed by atoms with Gasteiger partial charge < -0.3 is 4.90 Å². The van der Waals surface area contributed by atoms with E-state index < -0.39 is 0 Å². The first-order valence-electron chi connectivity index (χ1n) is 8.37. The molecule has 0 unspecified atom stereocenters. The normalized spacial score (nSPS) is 19.8. The zero-order valence-corrected chi connectivity index (χ0v) is 13.9. The Kier molecular flexibility index (Phi) is 4.81. The van der Waals surface area contributed by atoms with Crippen molar-refractivity contribution < 1.29 is 9.59 Å². The van der Waals surface area contributed by atoms with Gasteiger partial charge in [0, 0.05) is 13.1 Å². The van der Waals surface area contributed by atoms with Gasteiger partial charge in [0.2, 0.25) is 0 Å².